The zero-order chi connectivity index (χ0) is 19.4. The zero-order valence-electron chi connectivity index (χ0n) is 15.7. The van der Waals surface area contributed by atoms with Crippen LogP contribution in [0.15, 0.2) is 46.1 Å². The Balaban J connectivity index is 1.64. The number of aromatic nitrogens is 2. The van der Waals surface area contributed by atoms with Crippen LogP contribution in [0.5, 0.6) is 0 Å². The minimum absolute atomic E-state index is 0.0821. The number of hydrogen-bond acceptors (Lipinski definition) is 4. The molecule has 2 aromatic rings. The molecule has 1 aromatic heterocycles. The fourth-order valence-electron chi connectivity index (χ4n) is 3.72. The van der Waals surface area contributed by atoms with Crippen molar-refractivity contribution in [1.82, 2.24) is 14.9 Å². The van der Waals surface area contributed by atoms with Crippen molar-refractivity contribution in [3.8, 4) is 0 Å². The zero-order valence-corrected chi connectivity index (χ0v) is 15.7. The van der Waals surface area contributed by atoms with Gasteiger partial charge in [-0.15, -0.1) is 0 Å². The van der Waals surface area contributed by atoms with E-state index in [1.807, 2.05) is 6.07 Å². The fraction of sp³-hybridized carbons (Fsp3) is 0.450. The van der Waals surface area contributed by atoms with Crippen LogP contribution < -0.4 is 16.6 Å². The van der Waals surface area contributed by atoms with Gasteiger partial charge in [0, 0.05) is 26.9 Å². The highest BCUT2D eigenvalue weighted by atomic mass is 16.5. The Bertz CT molecular complexity index is 909. The van der Waals surface area contributed by atoms with Crippen LogP contribution in [-0.2, 0) is 11.8 Å². The summed E-state index contributed by atoms with van der Waals surface area (Å²) in [6.07, 6.45) is 4.77. The average Bonchev–Trinajstić information content (AvgIpc) is 2.71. The van der Waals surface area contributed by atoms with E-state index >= 15 is 0 Å². The van der Waals surface area contributed by atoms with Gasteiger partial charge in [0.25, 0.3) is 11.5 Å². The van der Waals surface area contributed by atoms with Crippen molar-refractivity contribution in [2.24, 2.45) is 7.05 Å². The van der Waals surface area contributed by atoms with Crippen molar-refractivity contribution >= 4 is 5.91 Å². The SMILES string of the molecule is COC1(CNC(=O)c2c[nH]c(=O)n(C)c2=O)CCC(c2ccccc2)CC1. The van der Waals surface area contributed by atoms with E-state index in [1.165, 1.54) is 12.6 Å². The van der Waals surface area contributed by atoms with E-state index in [1.54, 1.807) is 7.11 Å². The van der Waals surface area contributed by atoms with E-state index < -0.39 is 22.8 Å². The van der Waals surface area contributed by atoms with Gasteiger partial charge < -0.3 is 15.0 Å². The second kappa shape index (κ2) is 7.92. The molecule has 1 aliphatic carbocycles. The van der Waals surface area contributed by atoms with Gasteiger partial charge in [-0.3, -0.25) is 14.2 Å². The normalized spacial score (nSPS) is 22.4. The Labute approximate surface area is 157 Å². The first-order valence-electron chi connectivity index (χ1n) is 9.13. The minimum Gasteiger partial charge on any atom is -0.376 e. The van der Waals surface area contributed by atoms with Gasteiger partial charge in [-0.25, -0.2) is 4.79 Å². The van der Waals surface area contributed by atoms with E-state index in [0.29, 0.717) is 12.5 Å². The van der Waals surface area contributed by atoms with E-state index in [2.05, 4.69) is 34.6 Å². The number of nitrogens with one attached hydrogen (secondary N) is 2. The van der Waals surface area contributed by atoms with E-state index in [4.69, 9.17) is 4.74 Å². The number of hydrogen-bond donors (Lipinski definition) is 2. The highest BCUT2D eigenvalue weighted by molar-refractivity contribution is 5.93. The summed E-state index contributed by atoms with van der Waals surface area (Å²) < 4.78 is 6.65. The molecule has 1 amide bonds. The van der Waals surface area contributed by atoms with Crippen molar-refractivity contribution in [3.63, 3.8) is 0 Å². The maximum Gasteiger partial charge on any atom is 0.328 e. The number of aromatic amines is 1. The first kappa shape index (κ1) is 19.1. The number of carbonyl (C=O) groups is 1. The lowest BCUT2D eigenvalue weighted by Gasteiger charge is -2.39. The summed E-state index contributed by atoms with van der Waals surface area (Å²) in [4.78, 5) is 38.3. The number of ether oxygens (including phenoxy) is 1. The first-order chi connectivity index (χ1) is 13.0. The Morgan fingerprint density at radius 1 is 1.26 bits per heavy atom. The summed E-state index contributed by atoms with van der Waals surface area (Å²) in [7, 11) is 2.99. The van der Waals surface area contributed by atoms with Gasteiger partial charge in [-0.2, -0.15) is 0 Å². The second-order valence-electron chi connectivity index (χ2n) is 7.13. The van der Waals surface area contributed by atoms with Crippen molar-refractivity contribution in [1.29, 1.82) is 0 Å². The molecule has 0 saturated heterocycles. The van der Waals surface area contributed by atoms with Crippen molar-refractivity contribution in [3.05, 3.63) is 68.5 Å². The molecule has 144 valence electrons. The van der Waals surface area contributed by atoms with E-state index in [-0.39, 0.29) is 5.56 Å². The second-order valence-corrected chi connectivity index (χ2v) is 7.13. The van der Waals surface area contributed by atoms with Crippen LogP contribution >= 0.6 is 0 Å². The quantitative estimate of drug-likeness (QED) is 0.834. The average molecular weight is 371 g/mol. The van der Waals surface area contributed by atoms with Crippen LogP contribution in [0.1, 0.15) is 47.5 Å². The van der Waals surface area contributed by atoms with Crippen LogP contribution in [0.4, 0.5) is 0 Å². The first-order valence-corrected chi connectivity index (χ1v) is 9.13. The molecular weight excluding hydrogens is 346 g/mol. The molecular formula is C20H25N3O4. The molecule has 7 nitrogen and oxygen atoms in total. The fourth-order valence-corrected chi connectivity index (χ4v) is 3.72. The van der Waals surface area contributed by atoms with Crippen LogP contribution in [0.3, 0.4) is 0 Å². The van der Waals surface area contributed by atoms with E-state index in [9.17, 15) is 14.4 Å². The summed E-state index contributed by atoms with van der Waals surface area (Å²) in [5.74, 6) is -0.00914. The number of rotatable bonds is 5. The molecule has 0 bridgehead atoms. The number of nitrogens with zero attached hydrogens (tertiary/aromatic N) is 1. The number of amides is 1. The third-order valence-corrected chi connectivity index (χ3v) is 5.60. The molecule has 1 fully saturated rings. The molecule has 1 aliphatic rings. The van der Waals surface area contributed by atoms with Crippen molar-refractivity contribution in [2.45, 2.75) is 37.2 Å². The molecule has 3 rings (SSSR count). The van der Waals surface area contributed by atoms with Crippen LogP contribution in [-0.4, -0.2) is 34.7 Å². The number of carbonyl (C=O) groups excluding carboxylic acids is 1. The lowest BCUT2D eigenvalue weighted by molar-refractivity contribution is -0.0400. The largest absolute Gasteiger partial charge is 0.376 e. The van der Waals surface area contributed by atoms with Gasteiger partial charge in [0.1, 0.15) is 5.56 Å². The molecule has 0 unspecified atom stereocenters. The van der Waals surface area contributed by atoms with Gasteiger partial charge in [-0.1, -0.05) is 30.3 Å². The highest BCUT2D eigenvalue weighted by Gasteiger charge is 2.36. The Kier molecular flexibility index (Phi) is 5.60. The molecule has 1 heterocycles. The molecule has 0 atom stereocenters. The lowest BCUT2D eigenvalue weighted by Crippen LogP contribution is -2.48. The highest BCUT2D eigenvalue weighted by Crippen LogP contribution is 2.39. The van der Waals surface area contributed by atoms with Gasteiger partial charge in [0.15, 0.2) is 0 Å². The predicted molar refractivity (Wildman–Crippen MR) is 102 cm³/mol. The maximum atomic E-state index is 12.4. The third kappa shape index (κ3) is 4.03. The third-order valence-electron chi connectivity index (χ3n) is 5.60. The van der Waals surface area contributed by atoms with Gasteiger partial charge in [0.2, 0.25) is 0 Å². The molecule has 0 spiro atoms. The van der Waals surface area contributed by atoms with Crippen molar-refractivity contribution < 1.29 is 9.53 Å². The van der Waals surface area contributed by atoms with Crippen LogP contribution in [0.25, 0.3) is 0 Å². The molecule has 1 saturated carbocycles. The Morgan fingerprint density at radius 2 is 1.93 bits per heavy atom. The molecule has 27 heavy (non-hydrogen) atoms. The summed E-state index contributed by atoms with van der Waals surface area (Å²) in [5.41, 5.74) is -0.349. The predicted octanol–water partition coefficient (Wildman–Crippen LogP) is 1.55. The minimum atomic E-state index is -0.615. The van der Waals surface area contributed by atoms with E-state index in [0.717, 1.165) is 36.4 Å². The maximum absolute atomic E-state index is 12.4. The standard InChI is InChI=1S/C20H25N3O4/c1-23-18(25)16(12-21-19(23)26)17(24)22-13-20(27-2)10-8-15(9-11-20)14-6-4-3-5-7-14/h3-7,12,15H,8-11,13H2,1-2H3,(H,21,26)(H,22,24). The molecule has 7 heteroatoms. The summed E-state index contributed by atoms with van der Waals surface area (Å²) >= 11 is 0. The lowest BCUT2D eigenvalue weighted by atomic mass is 9.76. The smallest absolute Gasteiger partial charge is 0.328 e. The number of benzene rings is 1. The topological polar surface area (TPSA) is 93.2 Å². The molecule has 0 radical (unpaired) electrons. The monoisotopic (exact) mass is 371 g/mol. The summed E-state index contributed by atoms with van der Waals surface area (Å²) in [5, 5.41) is 2.80. The van der Waals surface area contributed by atoms with Crippen LogP contribution in [0.2, 0.25) is 0 Å². The molecule has 2 N–H and O–H groups in total. The van der Waals surface area contributed by atoms with Crippen molar-refractivity contribution in [2.75, 3.05) is 13.7 Å². The van der Waals surface area contributed by atoms with Crippen LogP contribution in [0, 0.1) is 0 Å². The Hall–Kier alpha value is -2.67. The summed E-state index contributed by atoms with van der Waals surface area (Å²) in [6, 6.07) is 10.4. The summed E-state index contributed by atoms with van der Waals surface area (Å²) in [6.45, 7) is 0.326. The van der Waals surface area contributed by atoms with Gasteiger partial charge in [0.05, 0.1) is 5.60 Å². The number of methoxy groups -OCH3 is 1. The molecule has 0 aliphatic heterocycles. The van der Waals surface area contributed by atoms with Gasteiger partial charge >= 0.3 is 5.69 Å². The number of H-pyrrole nitrogens is 1. The Morgan fingerprint density at radius 3 is 2.56 bits per heavy atom. The van der Waals surface area contributed by atoms with Gasteiger partial charge in [-0.05, 0) is 37.2 Å². The molecule has 1 aromatic carbocycles.